The third-order valence-corrected chi connectivity index (χ3v) is 3.02. The van der Waals surface area contributed by atoms with Crippen molar-refractivity contribution >= 4 is 11.7 Å². The van der Waals surface area contributed by atoms with Crippen LogP contribution in [0.25, 0.3) is 0 Å². The number of nitro groups is 1. The normalized spacial score (nSPS) is 10.3. The van der Waals surface area contributed by atoms with Gasteiger partial charge in [-0.05, 0) is 18.1 Å². The molecule has 1 aromatic carbocycles. The number of carboxylic acids is 1. The van der Waals surface area contributed by atoms with Crippen molar-refractivity contribution in [3.8, 4) is 0 Å². The number of hydrogen-bond acceptors (Lipinski definition) is 4. The molecule has 1 N–H and O–H groups in total. The maximum atomic E-state index is 11.6. The monoisotopic (exact) mass is 288 g/mol. The number of benzene rings is 1. The third kappa shape index (κ3) is 3.53. The van der Waals surface area contributed by atoms with E-state index < -0.39 is 10.9 Å². The minimum absolute atomic E-state index is 0.00351. The lowest BCUT2D eigenvalue weighted by molar-refractivity contribution is -0.384. The van der Waals surface area contributed by atoms with Crippen molar-refractivity contribution < 1.29 is 14.8 Å². The summed E-state index contributed by atoms with van der Waals surface area (Å²) in [6, 6.07) is 8.48. The molecule has 0 radical (unpaired) electrons. The van der Waals surface area contributed by atoms with Crippen molar-refractivity contribution in [3.05, 3.63) is 74.2 Å². The molecule has 0 aliphatic carbocycles. The van der Waals surface area contributed by atoms with Gasteiger partial charge in [0, 0.05) is 30.9 Å². The molecular weight excluding hydrogens is 276 g/mol. The molecule has 0 unspecified atom stereocenters. The highest BCUT2D eigenvalue weighted by Crippen LogP contribution is 2.12. The molecular formula is C14H12N2O5. The fourth-order valence-corrected chi connectivity index (χ4v) is 1.87. The van der Waals surface area contributed by atoms with Crippen molar-refractivity contribution in [2.45, 2.75) is 13.0 Å². The number of aromatic carboxylic acids is 1. The average molecular weight is 288 g/mol. The first-order valence-corrected chi connectivity index (χ1v) is 6.14. The Labute approximate surface area is 119 Å². The van der Waals surface area contributed by atoms with Crippen LogP contribution in [0, 0.1) is 10.1 Å². The largest absolute Gasteiger partial charge is 0.478 e. The van der Waals surface area contributed by atoms with E-state index in [0.717, 1.165) is 5.56 Å². The van der Waals surface area contributed by atoms with Gasteiger partial charge < -0.3 is 9.67 Å². The Bertz CT molecular complexity index is 734. The number of non-ortho nitro benzene ring substituents is 1. The number of pyridine rings is 1. The zero-order valence-corrected chi connectivity index (χ0v) is 10.9. The first kappa shape index (κ1) is 14.4. The van der Waals surface area contributed by atoms with Crippen LogP contribution in [0.1, 0.15) is 15.9 Å². The SMILES string of the molecule is O=C(O)c1ccc(=O)n(CCc2ccc([N+](=O)[O-])cc2)c1. The fourth-order valence-electron chi connectivity index (χ4n) is 1.87. The van der Waals surface area contributed by atoms with Crippen molar-refractivity contribution in [2.24, 2.45) is 0 Å². The summed E-state index contributed by atoms with van der Waals surface area (Å²) in [4.78, 5) is 32.6. The molecule has 0 saturated carbocycles. The van der Waals surface area contributed by atoms with E-state index in [1.165, 1.54) is 35.0 Å². The Hall–Kier alpha value is -2.96. The molecule has 0 saturated heterocycles. The van der Waals surface area contributed by atoms with Crippen LogP contribution in [0.15, 0.2) is 47.4 Å². The van der Waals surface area contributed by atoms with Gasteiger partial charge in [0.25, 0.3) is 11.2 Å². The molecule has 0 atom stereocenters. The lowest BCUT2D eigenvalue weighted by atomic mass is 10.1. The summed E-state index contributed by atoms with van der Waals surface area (Å²) < 4.78 is 1.31. The van der Waals surface area contributed by atoms with Gasteiger partial charge in [-0.1, -0.05) is 12.1 Å². The second kappa shape index (κ2) is 6.00. The second-order valence-electron chi connectivity index (χ2n) is 4.43. The van der Waals surface area contributed by atoms with Crippen LogP contribution in [-0.4, -0.2) is 20.6 Å². The van der Waals surface area contributed by atoms with E-state index in [0.29, 0.717) is 13.0 Å². The molecule has 108 valence electrons. The number of nitro benzene ring substituents is 1. The maximum absolute atomic E-state index is 11.6. The van der Waals surface area contributed by atoms with Crippen LogP contribution in [-0.2, 0) is 13.0 Å². The highest BCUT2D eigenvalue weighted by molar-refractivity contribution is 5.87. The summed E-state index contributed by atoms with van der Waals surface area (Å²) >= 11 is 0. The second-order valence-corrected chi connectivity index (χ2v) is 4.43. The highest BCUT2D eigenvalue weighted by atomic mass is 16.6. The Morgan fingerprint density at radius 1 is 1.19 bits per heavy atom. The van der Waals surface area contributed by atoms with Gasteiger partial charge in [-0.25, -0.2) is 4.79 Å². The molecule has 0 aliphatic heterocycles. The average Bonchev–Trinajstić information content (AvgIpc) is 2.46. The van der Waals surface area contributed by atoms with Gasteiger partial charge in [-0.2, -0.15) is 0 Å². The molecule has 0 spiro atoms. The van der Waals surface area contributed by atoms with Crippen LogP contribution in [0.4, 0.5) is 5.69 Å². The van der Waals surface area contributed by atoms with Crippen LogP contribution in [0.3, 0.4) is 0 Å². The number of rotatable bonds is 5. The van der Waals surface area contributed by atoms with Crippen molar-refractivity contribution in [1.82, 2.24) is 4.57 Å². The smallest absolute Gasteiger partial charge is 0.337 e. The number of hydrogen-bond donors (Lipinski definition) is 1. The van der Waals surface area contributed by atoms with Crippen LogP contribution < -0.4 is 5.56 Å². The molecule has 0 bridgehead atoms. The Morgan fingerprint density at radius 2 is 1.86 bits per heavy atom. The number of aromatic nitrogens is 1. The molecule has 21 heavy (non-hydrogen) atoms. The molecule has 1 heterocycles. The van der Waals surface area contributed by atoms with E-state index in [1.54, 1.807) is 12.1 Å². The van der Waals surface area contributed by atoms with Crippen molar-refractivity contribution in [2.75, 3.05) is 0 Å². The van der Waals surface area contributed by atoms with Crippen molar-refractivity contribution in [3.63, 3.8) is 0 Å². The van der Waals surface area contributed by atoms with Crippen LogP contribution in [0.2, 0.25) is 0 Å². The zero-order valence-electron chi connectivity index (χ0n) is 10.9. The van der Waals surface area contributed by atoms with E-state index in [2.05, 4.69) is 0 Å². The van der Waals surface area contributed by atoms with Crippen LogP contribution >= 0.6 is 0 Å². The van der Waals surface area contributed by atoms with Gasteiger partial charge in [-0.15, -0.1) is 0 Å². The summed E-state index contributed by atoms with van der Waals surface area (Å²) in [6.07, 6.45) is 1.76. The van der Waals surface area contributed by atoms with Gasteiger partial charge in [0.05, 0.1) is 10.5 Å². The Kier molecular flexibility index (Phi) is 4.13. The van der Waals surface area contributed by atoms with Gasteiger partial charge in [-0.3, -0.25) is 14.9 Å². The Morgan fingerprint density at radius 3 is 2.43 bits per heavy atom. The number of aryl methyl sites for hydroxylation is 2. The van der Waals surface area contributed by atoms with Gasteiger partial charge in [0.1, 0.15) is 0 Å². The predicted molar refractivity (Wildman–Crippen MR) is 74.5 cm³/mol. The minimum Gasteiger partial charge on any atom is -0.478 e. The lowest BCUT2D eigenvalue weighted by Gasteiger charge is -2.06. The topological polar surface area (TPSA) is 102 Å². The lowest BCUT2D eigenvalue weighted by Crippen LogP contribution is -2.21. The molecule has 0 amide bonds. The van der Waals surface area contributed by atoms with E-state index >= 15 is 0 Å². The van der Waals surface area contributed by atoms with E-state index in [1.807, 2.05) is 0 Å². The van der Waals surface area contributed by atoms with Crippen molar-refractivity contribution in [1.29, 1.82) is 0 Å². The van der Waals surface area contributed by atoms with E-state index in [-0.39, 0.29) is 16.8 Å². The minimum atomic E-state index is -1.10. The van der Waals surface area contributed by atoms with E-state index in [9.17, 15) is 19.7 Å². The number of carbonyl (C=O) groups is 1. The molecule has 7 heteroatoms. The summed E-state index contributed by atoms with van der Waals surface area (Å²) in [7, 11) is 0. The molecule has 7 nitrogen and oxygen atoms in total. The predicted octanol–water partition coefficient (Wildman–Crippen LogP) is 1.70. The molecule has 1 aromatic heterocycles. The summed E-state index contributed by atoms with van der Waals surface area (Å²) in [5.74, 6) is -1.10. The first-order chi connectivity index (χ1) is 9.97. The van der Waals surface area contributed by atoms with Gasteiger partial charge >= 0.3 is 5.97 Å². The van der Waals surface area contributed by atoms with Gasteiger partial charge in [0.15, 0.2) is 0 Å². The maximum Gasteiger partial charge on any atom is 0.337 e. The van der Waals surface area contributed by atoms with E-state index in [4.69, 9.17) is 5.11 Å². The summed E-state index contributed by atoms with van der Waals surface area (Å²) in [5.41, 5.74) is 0.581. The number of carboxylic acid groups (broad SMARTS) is 1. The third-order valence-electron chi connectivity index (χ3n) is 3.02. The molecule has 2 aromatic rings. The number of nitrogens with zero attached hydrogens (tertiary/aromatic N) is 2. The Balaban J connectivity index is 2.12. The van der Waals surface area contributed by atoms with Crippen LogP contribution in [0.5, 0.6) is 0 Å². The molecule has 0 fully saturated rings. The molecule has 0 aliphatic rings. The highest BCUT2D eigenvalue weighted by Gasteiger charge is 2.07. The first-order valence-electron chi connectivity index (χ1n) is 6.14. The quantitative estimate of drug-likeness (QED) is 0.666. The fraction of sp³-hybridized carbons (Fsp3) is 0.143. The van der Waals surface area contributed by atoms with Gasteiger partial charge in [0.2, 0.25) is 0 Å². The summed E-state index contributed by atoms with van der Waals surface area (Å²) in [6.45, 7) is 0.303. The zero-order chi connectivity index (χ0) is 15.4. The standard InChI is InChI=1S/C14H12N2O5/c17-13-6-3-11(14(18)19)9-15(13)8-7-10-1-4-12(5-2-10)16(20)21/h1-6,9H,7-8H2,(H,18,19). The molecule has 2 rings (SSSR count). The summed E-state index contributed by atoms with van der Waals surface area (Å²) in [5, 5.41) is 19.4.